The van der Waals surface area contributed by atoms with Crippen LogP contribution < -0.4 is 5.56 Å². The summed E-state index contributed by atoms with van der Waals surface area (Å²) in [5, 5.41) is 1.52. The maximum absolute atomic E-state index is 12.0. The van der Waals surface area contributed by atoms with Gasteiger partial charge in [-0.3, -0.25) is 9.36 Å². The topological polar surface area (TPSA) is 34.9 Å². The Morgan fingerprint density at radius 3 is 2.93 bits per heavy atom. The van der Waals surface area contributed by atoms with Gasteiger partial charge in [-0.25, -0.2) is 4.98 Å². The standard InChI is InChI=1S/C10H12N2OS2/c1-4-6-5-7-8(15-6)11-10(14-3)12(2)9(7)13/h5H,4H2,1-3H3. The van der Waals surface area contributed by atoms with Crippen molar-refractivity contribution in [2.75, 3.05) is 6.26 Å². The third-order valence-corrected chi connectivity index (χ3v) is 4.22. The van der Waals surface area contributed by atoms with Crippen molar-refractivity contribution in [3.8, 4) is 0 Å². The van der Waals surface area contributed by atoms with Crippen LogP contribution in [0, 0.1) is 0 Å². The lowest BCUT2D eigenvalue weighted by Gasteiger charge is -2.02. The summed E-state index contributed by atoms with van der Waals surface area (Å²) in [5.41, 5.74) is 0.0558. The van der Waals surface area contributed by atoms with E-state index in [0.717, 1.165) is 21.8 Å². The molecule has 0 unspecified atom stereocenters. The summed E-state index contributed by atoms with van der Waals surface area (Å²) in [4.78, 5) is 18.5. The Morgan fingerprint density at radius 2 is 2.33 bits per heavy atom. The Hall–Kier alpha value is -0.810. The van der Waals surface area contributed by atoms with E-state index in [1.165, 1.54) is 16.6 Å². The van der Waals surface area contributed by atoms with Crippen LogP contribution in [0.3, 0.4) is 0 Å². The molecule has 0 bridgehead atoms. The number of aromatic nitrogens is 2. The first kappa shape index (κ1) is 10.7. The van der Waals surface area contributed by atoms with Crippen molar-refractivity contribution >= 4 is 33.3 Å². The Balaban J connectivity index is 2.81. The Morgan fingerprint density at radius 1 is 1.60 bits per heavy atom. The number of fused-ring (bicyclic) bond motifs is 1. The fourth-order valence-corrected chi connectivity index (χ4v) is 3.01. The van der Waals surface area contributed by atoms with E-state index in [0.29, 0.717) is 0 Å². The van der Waals surface area contributed by atoms with Crippen LogP contribution in [-0.2, 0) is 13.5 Å². The molecule has 0 aliphatic rings. The molecule has 80 valence electrons. The number of hydrogen-bond acceptors (Lipinski definition) is 4. The third-order valence-electron chi connectivity index (χ3n) is 2.31. The molecule has 2 heterocycles. The summed E-state index contributed by atoms with van der Waals surface area (Å²) in [6.07, 6.45) is 2.89. The lowest BCUT2D eigenvalue weighted by molar-refractivity contribution is 0.729. The number of thiophene rings is 1. The molecular weight excluding hydrogens is 228 g/mol. The fraction of sp³-hybridized carbons (Fsp3) is 0.400. The quantitative estimate of drug-likeness (QED) is 0.596. The van der Waals surface area contributed by atoms with Crippen molar-refractivity contribution in [1.29, 1.82) is 0 Å². The minimum absolute atomic E-state index is 0.0558. The second-order valence-electron chi connectivity index (χ2n) is 3.25. The maximum Gasteiger partial charge on any atom is 0.262 e. The van der Waals surface area contributed by atoms with Gasteiger partial charge in [-0.05, 0) is 18.7 Å². The van der Waals surface area contributed by atoms with Gasteiger partial charge < -0.3 is 0 Å². The van der Waals surface area contributed by atoms with E-state index in [1.54, 1.807) is 23.0 Å². The van der Waals surface area contributed by atoms with Crippen molar-refractivity contribution < 1.29 is 0 Å². The van der Waals surface area contributed by atoms with E-state index in [1.807, 2.05) is 12.3 Å². The normalized spacial score (nSPS) is 11.1. The van der Waals surface area contributed by atoms with E-state index in [9.17, 15) is 4.79 Å². The molecule has 5 heteroatoms. The second kappa shape index (κ2) is 3.98. The highest BCUT2D eigenvalue weighted by Crippen LogP contribution is 2.23. The number of thioether (sulfide) groups is 1. The highest BCUT2D eigenvalue weighted by Gasteiger charge is 2.10. The molecule has 0 radical (unpaired) electrons. The monoisotopic (exact) mass is 240 g/mol. The van der Waals surface area contributed by atoms with Crippen LogP contribution in [0.15, 0.2) is 16.0 Å². The molecule has 0 spiro atoms. The van der Waals surface area contributed by atoms with Crippen molar-refractivity contribution in [2.24, 2.45) is 7.05 Å². The zero-order valence-electron chi connectivity index (χ0n) is 8.90. The first-order valence-electron chi connectivity index (χ1n) is 4.70. The molecule has 0 aromatic carbocycles. The summed E-state index contributed by atoms with van der Waals surface area (Å²) in [5.74, 6) is 0. The molecular formula is C10H12N2OS2. The van der Waals surface area contributed by atoms with Gasteiger partial charge in [-0.15, -0.1) is 11.3 Å². The molecule has 0 aliphatic carbocycles. The molecule has 3 nitrogen and oxygen atoms in total. The summed E-state index contributed by atoms with van der Waals surface area (Å²) in [6, 6.07) is 1.96. The van der Waals surface area contributed by atoms with E-state index < -0.39 is 0 Å². The van der Waals surface area contributed by atoms with Gasteiger partial charge in [0, 0.05) is 11.9 Å². The lowest BCUT2D eigenvalue weighted by Crippen LogP contribution is -2.18. The summed E-state index contributed by atoms with van der Waals surface area (Å²) in [6.45, 7) is 2.09. The average molecular weight is 240 g/mol. The molecule has 15 heavy (non-hydrogen) atoms. The predicted molar refractivity (Wildman–Crippen MR) is 66.0 cm³/mol. The van der Waals surface area contributed by atoms with Gasteiger partial charge in [0.25, 0.3) is 5.56 Å². The van der Waals surface area contributed by atoms with E-state index in [2.05, 4.69) is 11.9 Å². The zero-order chi connectivity index (χ0) is 11.0. The SMILES string of the molecule is CCc1cc2c(=O)n(C)c(SC)nc2s1. The van der Waals surface area contributed by atoms with Crippen molar-refractivity contribution in [3.05, 3.63) is 21.3 Å². The van der Waals surface area contributed by atoms with Gasteiger partial charge in [0.1, 0.15) is 4.83 Å². The molecule has 0 saturated heterocycles. The van der Waals surface area contributed by atoms with Crippen molar-refractivity contribution in [1.82, 2.24) is 9.55 Å². The van der Waals surface area contributed by atoms with Crippen LogP contribution in [0.25, 0.3) is 10.2 Å². The van der Waals surface area contributed by atoms with Gasteiger partial charge >= 0.3 is 0 Å². The van der Waals surface area contributed by atoms with Gasteiger partial charge in [-0.1, -0.05) is 18.7 Å². The summed E-state index contributed by atoms with van der Waals surface area (Å²) in [7, 11) is 1.77. The lowest BCUT2D eigenvalue weighted by atomic mass is 10.3. The van der Waals surface area contributed by atoms with Crippen LogP contribution in [0.5, 0.6) is 0 Å². The molecule has 2 rings (SSSR count). The smallest absolute Gasteiger partial charge is 0.262 e. The molecule has 0 atom stereocenters. The number of nitrogens with zero attached hydrogens (tertiary/aromatic N) is 2. The van der Waals surface area contributed by atoms with E-state index >= 15 is 0 Å². The van der Waals surface area contributed by atoms with E-state index in [-0.39, 0.29) is 5.56 Å². The van der Waals surface area contributed by atoms with E-state index in [4.69, 9.17) is 0 Å². The van der Waals surface area contributed by atoms with Gasteiger partial charge in [0.15, 0.2) is 5.16 Å². The fourth-order valence-electron chi connectivity index (χ4n) is 1.45. The van der Waals surface area contributed by atoms with Gasteiger partial charge in [0.2, 0.25) is 0 Å². The zero-order valence-corrected chi connectivity index (χ0v) is 10.5. The molecule has 0 fully saturated rings. The number of hydrogen-bond donors (Lipinski definition) is 0. The highest BCUT2D eigenvalue weighted by molar-refractivity contribution is 7.98. The predicted octanol–water partition coefficient (Wildman–Crippen LogP) is 2.28. The molecule has 2 aromatic rings. The molecule has 0 saturated carbocycles. The molecule has 2 aromatic heterocycles. The Bertz CT molecular complexity index is 556. The molecule has 0 aliphatic heterocycles. The van der Waals surface area contributed by atoms with Crippen LogP contribution in [0.4, 0.5) is 0 Å². The Labute approximate surface area is 96.1 Å². The highest BCUT2D eigenvalue weighted by atomic mass is 32.2. The van der Waals surface area contributed by atoms with Crippen molar-refractivity contribution in [3.63, 3.8) is 0 Å². The van der Waals surface area contributed by atoms with Crippen LogP contribution in [0.2, 0.25) is 0 Å². The maximum atomic E-state index is 12.0. The first-order chi connectivity index (χ1) is 7.17. The van der Waals surface area contributed by atoms with Crippen LogP contribution in [-0.4, -0.2) is 15.8 Å². The average Bonchev–Trinajstić information content (AvgIpc) is 2.66. The third kappa shape index (κ3) is 1.70. The van der Waals surface area contributed by atoms with Crippen LogP contribution >= 0.6 is 23.1 Å². The van der Waals surface area contributed by atoms with Crippen LogP contribution in [0.1, 0.15) is 11.8 Å². The van der Waals surface area contributed by atoms with Gasteiger partial charge in [-0.2, -0.15) is 0 Å². The minimum Gasteiger partial charge on any atom is -0.290 e. The van der Waals surface area contributed by atoms with Crippen molar-refractivity contribution in [2.45, 2.75) is 18.5 Å². The second-order valence-corrected chi connectivity index (χ2v) is 5.14. The summed E-state index contributed by atoms with van der Waals surface area (Å²) >= 11 is 3.11. The number of rotatable bonds is 2. The minimum atomic E-state index is 0.0558. The Kier molecular flexibility index (Phi) is 2.84. The number of aryl methyl sites for hydroxylation is 1. The molecule has 0 amide bonds. The van der Waals surface area contributed by atoms with Gasteiger partial charge in [0.05, 0.1) is 5.39 Å². The summed E-state index contributed by atoms with van der Waals surface area (Å²) < 4.78 is 1.61. The largest absolute Gasteiger partial charge is 0.290 e. The first-order valence-corrected chi connectivity index (χ1v) is 6.75. The molecule has 0 N–H and O–H groups in total.